The van der Waals surface area contributed by atoms with Crippen LogP contribution in [0.25, 0.3) is 0 Å². The Hall–Kier alpha value is -1.68. The van der Waals surface area contributed by atoms with Crippen molar-refractivity contribution < 1.29 is 30.8 Å². The van der Waals surface area contributed by atoms with Crippen molar-refractivity contribution in [3.63, 3.8) is 0 Å². The van der Waals surface area contributed by atoms with E-state index in [1.807, 2.05) is 0 Å². The third-order valence-corrected chi connectivity index (χ3v) is 5.12. The summed E-state index contributed by atoms with van der Waals surface area (Å²) in [7, 11) is -4.70. The maximum atomic E-state index is 12.5. The van der Waals surface area contributed by atoms with Crippen LogP contribution in [-0.2, 0) is 9.84 Å². The molecule has 0 aliphatic carbocycles. The summed E-state index contributed by atoms with van der Waals surface area (Å²) >= 11 is 0. The predicted octanol–water partition coefficient (Wildman–Crippen LogP) is 1.71. The molecule has 1 amide bonds. The number of benzene rings is 1. The summed E-state index contributed by atoms with van der Waals surface area (Å²) in [5, 5.41) is 0. The van der Waals surface area contributed by atoms with Gasteiger partial charge in [0.1, 0.15) is 0 Å². The van der Waals surface area contributed by atoms with Crippen molar-refractivity contribution in [2.45, 2.75) is 17.1 Å². The molecule has 0 saturated carbocycles. The van der Waals surface area contributed by atoms with Gasteiger partial charge in [0.05, 0.1) is 11.4 Å². The normalized spacial score (nSPS) is 16.8. The second-order valence-electron chi connectivity index (χ2n) is 5.31. The Morgan fingerprint density at radius 3 is 2.00 bits per heavy atom. The van der Waals surface area contributed by atoms with E-state index in [4.69, 9.17) is 0 Å². The van der Waals surface area contributed by atoms with Crippen molar-refractivity contribution in [3.05, 3.63) is 29.8 Å². The fourth-order valence-electron chi connectivity index (χ4n) is 2.40. The zero-order chi connectivity index (χ0) is 17.9. The molecule has 0 spiro atoms. The zero-order valence-corrected chi connectivity index (χ0v) is 13.4. The van der Waals surface area contributed by atoms with Crippen LogP contribution in [0.4, 0.5) is 17.6 Å². The summed E-state index contributed by atoms with van der Waals surface area (Å²) in [6.07, 6.45) is -2.43. The minimum atomic E-state index is -4.70. The topological polar surface area (TPSA) is 57.7 Å². The molecule has 134 valence electrons. The first-order valence-corrected chi connectivity index (χ1v) is 8.68. The summed E-state index contributed by atoms with van der Waals surface area (Å²) < 4.78 is 72.2. The van der Waals surface area contributed by atoms with Gasteiger partial charge in [0.2, 0.25) is 9.84 Å². The molecule has 1 aromatic rings. The van der Waals surface area contributed by atoms with E-state index in [2.05, 4.69) is 0 Å². The average Bonchev–Trinajstić information content (AvgIpc) is 2.54. The lowest BCUT2D eigenvalue weighted by atomic mass is 10.2. The number of alkyl halides is 4. The van der Waals surface area contributed by atoms with Crippen LogP contribution in [0.1, 0.15) is 10.4 Å². The third kappa shape index (κ3) is 4.23. The van der Waals surface area contributed by atoms with E-state index < -0.39 is 32.8 Å². The molecule has 1 heterocycles. The lowest BCUT2D eigenvalue weighted by Gasteiger charge is -2.34. The monoisotopic (exact) mass is 368 g/mol. The van der Waals surface area contributed by atoms with E-state index in [1.165, 1.54) is 17.0 Å². The van der Waals surface area contributed by atoms with Crippen LogP contribution < -0.4 is 0 Å². The smallest absolute Gasteiger partial charge is 0.336 e. The van der Waals surface area contributed by atoms with Crippen LogP contribution in [0, 0.1) is 0 Å². The van der Waals surface area contributed by atoms with Gasteiger partial charge < -0.3 is 4.90 Å². The molecule has 0 N–H and O–H groups in total. The summed E-state index contributed by atoms with van der Waals surface area (Å²) in [5.74, 6) is -3.92. The molecule has 0 bridgehead atoms. The van der Waals surface area contributed by atoms with Crippen LogP contribution in [0.15, 0.2) is 29.2 Å². The minimum absolute atomic E-state index is 0.158. The molecular weight excluding hydrogens is 352 g/mol. The number of sulfone groups is 1. The van der Waals surface area contributed by atoms with Gasteiger partial charge in [0.15, 0.2) is 0 Å². The van der Waals surface area contributed by atoms with E-state index >= 15 is 0 Å². The van der Waals surface area contributed by atoms with Crippen molar-refractivity contribution >= 4 is 15.7 Å². The molecule has 0 atom stereocenters. The van der Waals surface area contributed by atoms with Crippen molar-refractivity contribution in [3.8, 4) is 0 Å². The lowest BCUT2D eigenvalue weighted by Crippen LogP contribution is -2.49. The molecule has 1 aromatic carbocycles. The number of carbonyl (C=O) groups is 1. The van der Waals surface area contributed by atoms with Gasteiger partial charge in [-0.3, -0.25) is 9.69 Å². The number of carbonyl (C=O) groups excluding carboxylic acids is 1. The largest absolute Gasteiger partial charge is 0.341 e. The lowest BCUT2D eigenvalue weighted by molar-refractivity contribution is 0.0459. The van der Waals surface area contributed by atoms with Crippen molar-refractivity contribution in [1.82, 2.24) is 9.80 Å². The van der Waals surface area contributed by atoms with Gasteiger partial charge in [-0.2, -0.15) is 8.78 Å². The highest BCUT2D eigenvalue weighted by molar-refractivity contribution is 7.91. The van der Waals surface area contributed by atoms with E-state index in [0.717, 1.165) is 12.1 Å². The second-order valence-corrected chi connectivity index (χ2v) is 7.23. The Balaban J connectivity index is 2.01. The maximum absolute atomic E-state index is 12.5. The highest BCUT2D eigenvalue weighted by Crippen LogP contribution is 2.19. The molecule has 0 radical (unpaired) electrons. The van der Waals surface area contributed by atoms with Crippen LogP contribution in [0.5, 0.6) is 0 Å². The molecular formula is C14H16F4N2O3S. The Morgan fingerprint density at radius 2 is 1.54 bits per heavy atom. The Morgan fingerprint density at radius 1 is 1.00 bits per heavy atom. The van der Waals surface area contributed by atoms with Gasteiger partial charge in [-0.25, -0.2) is 17.2 Å². The standard InChI is InChI=1S/C14H16F4N2O3S/c15-12(16)9-19-5-7-20(8-6-19)13(21)10-1-3-11(4-2-10)24(22,23)14(17)18/h1-4,12,14H,5-9H2. The Kier molecular flexibility index (Phi) is 5.81. The predicted molar refractivity (Wildman–Crippen MR) is 78.0 cm³/mol. The molecule has 0 aromatic heterocycles. The van der Waals surface area contributed by atoms with E-state index in [-0.39, 0.29) is 25.2 Å². The van der Waals surface area contributed by atoms with Gasteiger partial charge in [-0.1, -0.05) is 0 Å². The van der Waals surface area contributed by atoms with Crippen molar-refractivity contribution in [1.29, 1.82) is 0 Å². The molecule has 1 aliphatic heterocycles. The fraction of sp³-hybridized carbons (Fsp3) is 0.500. The average molecular weight is 368 g/mol. The van der Waals surface area contributed by atoms with Crippen LogP contribution in [0.3, 0.4) is 0 Å². The Labute approximate surface area is 136 Å². The van der Waals surface area contributed by atoms with Gasteiger partial charge in [0, 0.05) is 31.7 Å². The summed E-state index contributed by atoms with van der Waals surface area (Å²) in [4.78, 5) is 14.7. The van der Waals surface area contributed by atoms with Gasteiger partial charge in [-0.15, -0.1) is 0 Å². The third-order valence-electron chi connectivity index (χ3n) is 3.72. The number of halogens is 4. The highest BCUT2D eigenvalue weighted by atomic mass is 32.2. The second kappa shape index (κ2) is 7.47. The van der Waals surface area contributed by atoms with Crippen molar-refractivity contribution in [2.24, 2.45) is 0 Å². The van der Waals surface area contributed by atoms with E-state index in [1.54, 1.807) is 4.90 Å². The summed E-state index contributed by atoms with van der Waals surface area (Å²) in [6, 6.07) is 4.26. The molecule has 24 heavy (non-hydrogen) atoms. The molecule has 1 fully saturated rings. The van der Waals surface area contributed by atoms with Crippen LogP contribution in [-0.4, -0.2) is 69.0 Å². The van der Waals surface area contributed by atoms with Crippen LogP contribution in [0.2, 0.25) is 0 Å². The quantitative estimate of drug-likeness (QED) is 0.743. The number of amides is 1. The SMILES string of the molecule is O=C(c1ccc(S(=O)(=O)C(F)F)cc1)N1CCN(CC(F)F)CC1. The highest BCUT2D eigenvalue weighted by Gasteiger charge is 2.27. The van der Waals surface area contributed by atoms with E-state index in [0.29, 0.717) is 13.1 Å². The maximum Gasteiger partial charge on any atom is 0.341 e. The molecule has 2 rings (SSSR count). The van der Waals surface area contributed by atoms with Crippen molar-refractivity contribution in [2.75, 3.05) is 32.7 Å². The number of hydrogen-bond donors (Lipinski definition) is 0. The molecule has 10 heteroatoms. The molecule has 0 unspecified atom stereocenters. The number of nitrogens with zero attached hydrogens (tertiary/aromatic N) is 2. The summed E-state index contributed by atoms with van der Waals surface area (Å²) in [6.45, 7) is 0.815. The first-order valence-electron chi connectivity index (χ1n) is 7.13. The van der Waals surface area contributed by atoms with Gasteiger partial charge in [-0.05, 0) is 24.3 Å². The molecule has 1 saturated heterocycles. The molecule has 5 nitrogen and oxygen atoms in total. The molecule has 1 aliphatic rings. The number of piperazine rings is 1. The first kappa shape index (κ1) is 18.7. The van der Waals surface area contributed by atoms with Gasteiger partial charge >= 0.3 is 5.76 Å². The van der Waals surface area contributed by atoms with E-state index in [9.17, 15) is 30.8 Å². The summed E-state index contributed by atoms with van der Waals surface area (Å²) in [5.41, 5.74) is 0.158. The number of rotatable bonds is 5. The minimum Gasteiger partial charge on any atom is -0.336 e. The van der Waals surface area contributed by atoms with Crippen LogP contribution >= 0.6 is 0 Å². The Bertz CT molecular complexity index is 672. The fourth-order valence-corrected chi connectivity index (χ4v) is 3.12. The first-order chi connectivity index (χ1) is 11.2. The van der Waals surface area contributed by atoms with Gasteiger partial charge in [0.25, 0.3) is 12.3 Å². The zero-order valence-electron chi connectivity index (χ0n) is 12.5. The number of hydrogen-bond acceptors (Lipinski definition) is 4.